The lowest BCUT2D eigenvalue weighted by Crippen LogP contribution is -2.02. The smallest absolute Gasteiger partial charge is 0.245 e. The van der Waals surface area contributed by atoms with Gasteiger partial charge in [-0.3, -0.25) is 0 Å². The summed E-state index contributed by atoms with van der Waals surface area (Å²) in [6.07, 6.45) is 0. The highest BCUT2D eigenvalue weighted by Gasteiger charge is 2.14. The van der Waals surface area contributed by atoms with E-state index >= 15 is 0 Å². The molecule has 5 aromatic rings. The number of nitrogens with zero attached hydrogens (tertiary/aromatic N) is 6. The molecule has 0 fully saturated rings. The molecular formula is C19H14N8O2. The summed E-state index contributed by atoms with van der Waals surface area (Å²) in [7, 11) is 0. The quantitative estimate of drug-likeness (QED) is 0.384. The van der Waals surface area contributed by atoms with Gasteiger partial charge in [-0.25, -0.2) is 9.61 Å². The minimum Gasteiger partial charge on any atom is -0.493 e. The third-order valence-corrected chi connectivity index (χ3v) is 4.30. The van der Waals surface area contributed by atoms with Crippen LogP contribution in [0, 0.1) is 0 Å². The highest BCUT2D eigenvalue weighted by Crippen LogP contribution is 2.36. The van der Waals surface area contributed by atoms with Crippen LogP contribution in [-0.4, -0.2) is 30.4 Å². The molecule has 10 nitrogen and oxygen atoms in total. The fraction of sp³-hybridized carbons (Fsp3) is 0.0526. The van der Waals surface area contributed by atoms with Gasteiger partial charge in [-0.05, 0) is 21.9 Å². The van der Waals surface area contributed by atoms with Gasteiger partial charge in [-0.2, -0.15) is 4.98 Å². The molecule has 142 valence electrons. The molecule has 2 aromatic carbocycles. The van der Waals surface area contributed by atoms with Crippen LogP contribution in [-0.2, 0) is 6.54 Å². The van der Waals surface area contributed by atoms with Crippen LogP contribution in [0.2, 0.25) is 0 Å². The molecule has 29 heavy (non-hydrogen) atoms. The van der Waals surface area contributed by atoms with Gasteiger partial charge in [-0.15, -0.1) is 10.2 Å². The minimum atomic E-state index is -0.0779. The third-order valence-electron chi connectivity index (χ3n) is 4.30. The van der Waals surface area contributed by atoms with Crippen molar-refractivity contribution in [3.05, 3.63) is 60.2 Å². The summed E-state index contributed by atoms with van der Waals surface area (Å²) >= 11 is 0. The van der Waals surface area contributed by atoms with Gasteiger partial charge in [0.15, 0.2) is 11.5 Å². The number of aromatic nitrogens is 5. The molecular weight excluding hydrogens is 372 g/mol. The molecule has 0 aliphatic heterocycles. The average Bonchev–Trinajstić information content (AvgIpc) is 3.33. The number of aromatic hydroxyl groups is 1. The van der Waals surface area contributed by atoms with E-state index in [1.54, 1.807) is 0 Å². The lowest BCUT2D eigenvalue weighted by atomic mass is 10.2. The fourth-order valence-corrected chi connectivity index (χ4v) is 2.91. The van der Waals surface area contributed by atoms with Crippen molar-refractivity contribution in [1.29, 1.82) is 0 Å². The average molecular weight is 386 g/mol. The standard InChI is InChI=1S/C19H14N8O2/c28-19-14(12-8-4-5-9-13(12)21-19)24-25-16-15(20-10-11-6-2-1-3-7-11)22-17-18(23-16)27-29-26-17/h1-9,21,28H,10H2,(H,20,22,26). The Morgan fingerprint density at radius 1 is 0.931 bits per heavy atom. The van der Waals surface area contributed by atoms with Crippen molar-refractivity contribution in [1.82, 2.24) is 25.3 Å². The second-order valence-electron chi connectivity index (χ2n) is 6.21. The van der Waals surface area contributed by atoms with Crippen LogP contribution in [0.5, 0.6) is 5.88 Å². The Morgan fingerprint density at radius 3 is 2.55 bits per heavy atom. The highest BCUT2D eigenvalue weighted by atomic mass is 16.6. The van der Waals surface area contributed by atoms with E-state index in [0.29, 0.717) is 18.1 Å². The Hall–Kier alpha value is -4.34. The van der Waals surface area contributed by atoms with Crippen molar-refractivity contribution in [3.63, 3.8) is 0 Å². The lowest BCUT2D eigenvalue weighted by molar-refractivity contribution is 0.314. The van der Waals surface area contributed by atoms with Gasteiger partial charge in [0.2, 0.25) is 23.0 Å². The third kappa shape index (κ3) is 3.23. The number of nitrogens with one attached hydrogen (secondary N) is 2. The Bertz CT molecular complexity index is 1330. The van der Waals surface area contributed by atoms with Crippen LogP contribution in [0.3, 0.4) is 0 Å². The molecule has 0 saturated heterocycles. The minimum absolute atomic E-state index is 0.0779. The number of aromatic amines is 1. The predicted molar refractivity (Wildman–Crippen MR) is 105 cm³/mol. The maximum Gasteiger partial charge on any atom is 0.245 e. The van der Waals surface area contributed by atoms with Gasteiger partial charge in [0.05, 0.1) is 5.52 Å². The van der Waals surface area contributed by atoms with E-state index in [1.807, 2.05) is 54.6 Å². The normalized spacial score (nSPS) is 11.6. The topological polar surface area (TPSA) is 137 Å². The van der Waals surface area contributed by atoms with Crippen LogP contribution >= 0.6 is 0 Å². The summed E-state index contributed by atoms with van der Waals surface area (Å²) in [4.78, 5) is 11.5. The van der Waals surface area contributed by atoms with E-state index in [1.165, 1.54) is 0 Å². The molecule has 0 spiro atoms. The number of para-hydroxylation sites is 1. The first-order valence-corrected chi connectivity index (χ1v) is 8.77. The second kappa shape index (κ2) is 7.00. The first-order valence-electron chi connectivity index (χ1n) is 8.77. The number of azo groups is 1. The molecule has 3 aromatic heterocycles. The maximum absolute atomic E-state index is 10.2. The molecule has 5 rings (SSSR count). The largest absolute Gasteiger partial charge is 0.493 e. The molecule has 10 heteroatoms. The molecule has 0 bridgehead atoms. The molecule has 3 heterocycles. The SMILES string of the molecule is Oc1[nH]c2ccccc2c1N=Nc1nc2nonc2nc1NCc1ccccc1. The highest BCUT2D eigenvalue weighted by molar-refractivity contribution is 5.94. The van der Waals surface area contributed by atoms with Crippen molar-refractivity contribution in [2.24, 2.45) is 10.2 Å². The number of H-pyrrole nitrogens is 1. The van der Waals surface area contributed by atoms with Gasteiger partial charge < -0.3 is 15.4 Å². The van der Waals surface area contributed by atoms with E-state index in [0.717, 1.165) is 16.5 Å². The molecule has 0 atom stereocenters. The number of hydrogen-bond donors (Lipinski definition) is 3. The van der Waals surface area contributed by atoms with Crippen LogP contribution in [0.25, 0.3) is 22.2 Å². The molecule has 0 aliphatic rings. The number of fused-ring (bicyclic) bond motifs is 2. The molecule has 0 aliphatic carbocycles. The molecule has 0 amide bonds. The first kappa shape index (κ1) is 16.8. The predicted octanol–water partition coefficient (Wildman–Crippen LogP) is 4.23. The van der Waals surface area contributed by atoms with Gasteiger partial charge in [0.1, 0.15) is 0 Å². The van der Waals surface area contributed by atoms with E-state index < -0.39 is 0 Å². The summed E-state index contributed by atoms with van der Waals surface area (Å²) in [6, 6.07) is 17.2. The Kier molecular flexibility index (Phi) is 4.06. The zero-order chi connectivity index (χ0) is 19.6. The lowest BCUT2D eigenvalue weighted by Gasteiger charge is -2.06. The van der Waals surface area contributed by atoms with Crippen LogP contribution < -0.4 is 5.32 Å². The Morgan fingerprint density at radius 2 is 1.69 bits per heavy atom. The number of rotatable bonds is 5. The van der Waals surface area contributed by atoms with E-state index in [-0.39, 0.29) is 23.0 Å². The van der Waals surface area contributed by atoms with Crippen molar-refractivity contribution < 1.29 is 9.74 Å². The van der Waals surface area contributed by atoms with E-state index in [4.69, 9.17) is 4.63 Å². The summed E-state index contributed by atoms with van der Waals surface area (Å²) in [5, 5.41) is 29.9. The van der Waals surface area contributed by atoms with Gasteiger partial charge in [0, 0.05) is 11.9 Å². The summed E-state index contributed by atoms with van der Waals surface area (Å²) < 4.78 is 4.69. The van der Waals surface area contributed by atoms with Crippen molar-refractivity contribution in [2.75, 3.05) is 5.32 Å². The van der Waals surface area contributed by atoms with Crippen LogP contribution in [0.15, 0.2) is 69.5 Å². The first-order chi connectivity index (χ1) is 14.3. The molecule has 3 N–H and O–H groups in total. The van der Waals surface area contributed by atoms with Gasteiger partial charge >= 0.3 is 0 Å². The summed E-state index contributed by atoms with van der Waals surface area (Å²) in [5.74, 6) is 0.500. The molecule has 0 saturated carbocycles. The molecule has 0 radical (unpaired) electrons. The summed E-state index contributed by atoms with van der Waals surface area (Å²) in [6.45, 7) is 0.507. The molecule has 0 unspecified atom stereocenters. The zero-order valence-corrected chi connectivity index (χ0v) is 14.9. The number of hydrogen-bond acceptors (Lipinski definition) is 9. The maximum atomic E-state index is 10.2. The fourth-order valence-electron chi connectivity index (χ4n) is 2.91. The number of benzene rings is 2. The van der Waals surface area contributed by atoms with Crippen LogP contribution in [0.4, 0.5) is 17.3 Å². The monoisotopic (exact) mass is 386 g/mol. The van der Waals surface area contributed by atoms with Crippen molar-refractivity contribution >= 4 is 39.5 Å². The van der Waals surface area contributed by atoms with Crippen LogP contribution in [0.1, 0.15) is 5.56 Å². The van der Waals surface area contributed by atoms with E-state index in [9.17, 15) is 5.11 Å². The van der Waals surface area contributed by atoms with Crippen molar-refractivity contribution in [3.8, 4) is 5.88 Å². The van der Waals surface area contributed by atoms with E-state index in [2.05, 4.69) is 40.8 Å². The van der Waals surface area contributed by atoms with Crippen molar-refractivity contribution in [2.45, 2.75) is 6.54 Å². The Balaban J connectivity index is 1.52. The zero-order valence-electron chi connectivity index (χ0n) is 14.9. The second-order valence-corrected chi connectivity index (χ2v) is 6.21. The summed E-state index contributed by atoms with van der Waals surface area (Å²) in [5.41, 5.74) is 2.60. The van der Waals surface area contributed by atoms with Gasteiger partial charge in [-0.1, -0.05) is 48.5 Å². The Labute approximate surface area is 163 Å². The van der Waals surface area contributed by atoms with Gasteiger partial charge in [0.25, 0.3) is 0 Å². The number of anilines is 1.